The van der Waals surface area contributed by atoms with Gasteiger partial charge in [-0.2, -0.15) is 5.10 Å². The van der Waals surface area contributed by atoms with Gasteiger partial charge in [0.2, 0.25) is 0 Å². The molecule has 0 amide bonds. The molecule has 1 heterocycles. The maximum Gasteiger partial charge on any atom is 0.0982 e. The largest absolute Gasteiger partial charge is 0.394 e. The van der Waals surface area contributed by atoms with E-state index in [-0.39, 0.29) is 12.6 Å². The highest BCUT2D eigenvalue weighted by atomic mass is 16.3. The minimum atomic E-state index is -0.853. The number of aromatic nitrogens is 2. The summed E-state index contributed by atoms with van der Waals surface area (Å²) in [6.07, 6.45) is 0.789. The van der Waals surface area contributed by atoms with E-state index in [4.69, 9.17) is 0 Å². The van der Waals surface area contributed by atoms with Crippen LogP contribution in [0.15, 0.2) is 42.6 Å². The minimum Gasteiger partial charge on any atom is -0.394 e. The molecule has 5 heteroatoms. The molecule has 19 heavy (non-hydrogen) atoms. The predicted octanol–water partition coefficient (Wildman–Crippen LogP) is 0.936. The van der Waals surface area contributed by atoms with Crippen molar-refractivity contribution in [1.82, 2.24) is 15.1 Å². The SMILES string of the molecule is CN(Cc1ccccc1)[C@H](c1ccn[nH]1)[C@H](O)CO. The lowest BCUT2D eigenvalue weighted by molar-refractivity contribution is 0.0147. The number of hydrogen-bond acceptors (Lipinski definition) is 4. The Morgan fingerprint density at radius 1 is 1.26 bits per heavy atom. The van der Waals surface area contributed by atoms with Gasteiger partial charge in [-0.05, 0) is 18.7 Å². The molecule has 5 nitrogen and oxygen atoms in total. The van der Waals surface area contributed by atoms with Gasteiger partial charge in [0.05, 0.1) is 24.4 Å². The highest BCUT2D eigenvalue weighted by Gasteiger charge is 2.26. The van der Waals surface area contributed by atoms with Crippen molar-refractivity contribution in [3.8, 4) is 0 Å². The van der Waals surface area contributed by atoms with Gasteiger partial charge in [0.25, 0.3) is 0 Å². The van der Waals surface area contributed by atoms with Crippen molar-refractivity contribution in [2.75, 3.05) is 13.7 Å². The Bertz CT molecular complexity index is 473. The summed E-state index contributed by atoms with van der Waals surface area (Å²) in [5.74, 6) is 0. The Morgan fingerprint density at radius 2 is 2.00 bits per heavy atom. The van der Waals surface area contributed by atoms with Crippen LogP contribution in [0.25, 0.3) is 0 Å². The summed E-state index contributed by atoms with van der Waals surface area (Å²) in [7, 11) is 1.91. The van der Waals surface area contributed by atoms with Gasteiger partial charge in [-0.15, -0.1) is 0 Å². The third kappa shape index (κ3) is 3.41. The maximum atomic E-state index is 10.00. The van der Waals surface area contributed by atoms with Gasteiger partial charge in [-0.1, -0.05) is 30.3 Å². The number of nitrogens with zero attached hydrogens (tertiary/aromatic N) is 2. The van der Waals surface area contributed by atoms with Crippen molar-refractivity contribution in [3.63, 3.8) is 0 Å². The summed E-state index contributed by atoms with van der Waals surface area (Å²) in [5, 5.41) is 26.0. The molecule has 0 saturated carbocycles. The minimum absolute atomic E-state index is 0.289. The van der Waals surface area contributed by atoms with Crippen molar-refractivity contribution in [3.05, 3.63) is 53.9 Å². The van der Waals surface area contributed by atoms with E-state index >= 15 is 0 Å². The summed E-state index contributed by atoms with van der Waals surface area (Å²) in [6, 6.07) is 11.5. The van der Waals surface area contributed by atoms with E-state index in [1.165, 1.54) is 0 Å². The van der Waals surface area contributed by atoms with Crippen LogP contribution >= 0.6 is 0 Å². The molecule has 0 fully saturated rings. The standard InChI is InChI=1S/C14H19N3O2/c1-17(9-11-5-3-2-4-6-11)14(13(19)10-18)12-7-8-15-16-12/h2-8,13-14,18-19H,9-10H2,1H3,(H,15,16)/t13-,14-/m1/s1. The zero-order chi connectivity index (χ0) is 13.7. The Labute approximate surface area is 112 Å². The van der Waals surface area contributed by atoms with Gasteiger partial charge in [-0.3, -0.25) is 10.00 Å². The molecule has 0 radical (unpaired) electrons. The van der Waals surface area contributed by atoms with Crippen molar-refractivity contribution >= 4 is 0 Å². The molecule has 0 unspecified atom stereocenters. The topological polar surface area (TPSA) is 72.4 Å². The lowest BCUT2D eigenvalue weighted by Crippen LogP contribution is -2.35. The number of benzene rings is 1. The fraction of sp³-hybridized carbons (Fsp3) is 0.357. The van der Waals surface area contributed by atoms with Crippen LogP contribution in [-0.2, 0) is 6.54 Å². The zero-order valence-corrected chi connectivity index (χ0v) is 10.9. The smallest absolute Gasteiger partial charge is 0.0982 e. The number of rotatable bonds is 6. The summed E-state index contributed by atoms with van der Waals surface area (Å²) < 4.78 is 0. The molecule has 3 N–H and O–H groups in total. The first-order valence-electron chi connectivity index (χ1n) is 6.24. The first-order chi connectivity index (χ1) is 9.22. The second-order valence-corrected chi connectivity index (χ2v) is 4.61. The van der Waals surface area contributed by atoms with Gasteiger partial charge in [0, 0.05) is 12.7 Å². The van der Waals surface area contributed by atoms with E-state index in [9.17, 15) is 10.2 Å². The third-order valence-electron chi connectivity index (χ3n) is 3.14. The molecule has 1 aromatic carbocycles. The monoisotopic (exact) mass is 261 g/mol. The van der Waals surface area contributed by atoms with Crippen molar-refractivity contribution < 1.29 is 10.2 Å². The number of H-pyrrole nitrogens is 1. The Kier molecular flexibility index (Phi) is 4.68. The number of nitrogens with one attached hydrogen (secondary N) is 1. The van der Waals surface area contributed by atoms with Gasteiger partial charge in [0.1, 0.15) is 0 Å². The fourth-order valence-corrected chi connectivity index (χ4v) is 2.24. The van der Waals surface area contributed by atoms with Crippen LogP contribution in [0.1, 0.15) is 17.3 Å². The second kappa shape index (κ2) is 6.47. The first kappa shape index (κ1) is 13.7. The van der Waals surface area contributed by atoms with E-state index in [1.54, 1.807) is 6.20 Å². The molecule has 0 aliphatic carbocycles. The number of aliphatic hydroxyl groups excluding tert-OH is 2. The highest BCUT2D eigenvalue weighted by molar-refractivity contribution is 5.15. The Balaban J connectivity index is 2.14. The van der Waals surface area contributed by atoms with E-state index < -0.39 is 6.10 Å². The Hall–Kier alpha value is -1.69. The molecule has 0 aliphatic rings. The lowest BCUT2D eigenvalue weighted by Gasteiger charge is -2.30. The lowest BCUT2D eigenvalue weighted by atomic mass is 10.1. The summed E-state index contributed by atoms with van der Waals surface area (Å²) >= 11 is 0. The predicted molar refractivity (Wildman–Crippen MR) is 72.3 cm³/mol. The van der Waals surface area contributed by atoms with E-state index in [0.717, 1.165) is 11.3 Å². The molecule has 0 aliphatic heterocycles. The highest BCUT2D eigenvalue weighted by Crippen LogP contribution is 2.23. The number of hydrogen-bond donors (Lipinski definition) is 3. The van der Waals surface area contributed by atoms with Gasteiger partial charge >= 0.3 is 0 Å². The fourth-order valence-electron chi connectivity index (χ4n) is 2.24. The quantitative estimate of drug-likeness (QED) is 0.723. The summed E-state index contributed by atoms with van der Waals surface area (Å²) in [5.41, 5.74) is 1.94. The average molecular weight is 261 g/mol. The molecular weight excluding hydrogens is 242 g/mol. The third-order valence-corrected chi connectivity index (χ3v) is 3.14. The maximum absolute atomic E-state index is 10.00. The molecular formula is C14H19N3O2. The van der Waals surface area contributed by atoms with Crippen LogP contribution in [0.5, 0.6) is 0 Å². The molecule has 2 rings (SSSR count). The van der Waals surface area contributed by atoms with Crippen LogP contribution in [0, 0.1) is 0 Å². The van der Waals surface area contributed by atoms with Gasteiger partial charge < -0.3 is 10.2 Å². The average Bonchev–Trinajstić information content (AvgIpc) is 2.93. The molecule has 0 bridgehead atoms. The number of aliphatic hydroxyl groups is 2. The van der Waals surface area contributed by atoms with Crippen molar-refractivity contribution in [2.45, 2.75) is 18.7 Å². The molecule has 2 aromatic rings. The molecule has 0 saturated heterocycles. The van der Waals surface area contributed by atoms with Crippen LogP contribution in [-0.4, -0.2) is 45.1 Å². The van der Waals surface area contributed by atoms with Crippen molar-refractivity contribution in [2.24, 2.45) is 0 Å². The van der Waals surface area contributed by atoms with Gasteiger partial charge in [0.15, 0.2) is 0 Å². The van der Waals surface area contributed by atoms with Gasteiger partial charge in [-0.25, -0.2) is 0 Å². The number of aromatic amines is 1. The van der Waals surface area contributed by atoms with Crippen LogP contribution in [0.3, 0.4) is 0 Å². The molecule has 1 aromatic heterocycles. The van der Waals surface area contributed by atoms with E-state index in [2.05, 4.69) is 10.2 Å². The molecule has 2 atom stereocenters. The molecule has 102 valence electrons. The Morgan fingerprint density at radius 3 is 2.58 bits per heavy atom. The zero-order valence-electron chi connectivity index (χ0n) is 10.9. The summed E-state index contributed by atoms with van der Waals surface area (Å²) in [6.45, 7) is 0.393. The van der Waals surface area contributed by atoms with Crippen LogP contribution in [0.2, 0.25) is 0 Å². The number of likely N-dealkylation sites (N-methyl/N-ethyl adjacent to an activating group) is 1. The first-order valence-corrected chi connectivity index (χ1v) is 6.24. The van der Waals surface area contributed by atoms with E-state index in [0.29, 0.717) is 6.54 Å². The second-order valence-electron chi connectivity index (χ2n) is 4.61. The van der Waals surface area contributed by atoms with E-state index in [1.807, 2.05) is 48.3 Å². The van der Waals surface area contributed by atoms with Crippen LogP contribution < -0.4 is 0 Å². The molecule has 0 spiro atoms. The normalized spacial score (nSPS) is 14.5. The van der Waals surface area contributed by atoms with Crippen molar-refractivity contribution in [1.29, 1.82) is 0 Å². The summed E-state index contributed by atoms with van der Waals surface area (Å²) in [4.78, 5) is 1.99. The van der Waals surface area contributed by atoms with Crippen LogP contribution in [0.4, 0.5) is 0 Å².